The lowest BCUT2D eigenvalue weighted by Crippen LogP contribution is -1.88. The minimum absolute atomic E-state index is 0.0105. The van der Waals surface area contributed by atoms with E-state index in [1.807, 2.05) is 0 Å². The van der Waals surface area contributed by atoms with Gasteiger partial charge in [0.25, 0.3) is 5.69 Å². The van der Waals surface area contributed by atoms with Crippen molar-refractivity contribution in [1.29, 1.82) is 0 Å². The molecule has 0 saturated heterocycles. The maximum atomic E-state index is 11.8. The van der Waals surface area contributed by atoms with Crippen LogP contribution in [0.3, 0.4) is 0 Å². The molecule has 0 unspecified atom stereocenters. The molecule has 0 atom stereocenters. The van der Waals surface area contributed by atoms with E-state index in [9.17, 15) is 20.0 Å². The molecule has 0 saturated carbocycles. The van der Waals surface area contributed by atoms with E-state index in [1.165, 1.54) is 29.5 Å². The van der Waals surface area contributed by atoms with Crippen molar-refractivity contribution in [3.8, 4) is 5.88 Å². The fourth-order valence-electron chi connectivity index (χ4n) is 1.91. The zero-order valence-electron chi connectivity index (χ0n) is 10.9. The lowest BCUT2D eigenvalue weighted by molar-refractivity contribution is -0.384. The van der Waals surface area contributed by atoms with E-state index in [2.05, 4.69) is 15.2 Å². The molecule has 1 amide bonds. The van der Waals surface area contributed by atoms with Gasteiger partial charge in [-0.05, 0) is 17.5 Å². The number of benzene rings is 1. The summed E-state index contributed by atoms with van der Waals surface area (Å²) in [4.78, 5) is 25.1. The zero-order valence-corrected chi connectivity index (χ0v) is 11.7. The molecule has 3 rings (SSSR count). The SMILES string of the molecule is O=C(N=Nc1c(O)[nH]c2ccc([N+](=O)[O-])cc12)c1cccs1. The maximum absolute atomic E-state index is 11.8. The van der Waals surface area contributed by atoms with Gasteiger partial charge in [-0.1, -0.05) is 6.07 Å². The number of nitro benzene ring substituents is 1. The molecular formula is C13H8N4O4S. The van der Waals surface area contributed by atoms with Crippen molar-refractivity contribution in [2.24, 2.45) is 10.2 Å². The third-order valence-electron chi connectivity index (χ3n) is 2.92. The van der Waals surface area contributed by atoms with E-state index < -0.39 is 10.8 Å². The van der Waals surface area contributed by atoms with Gasteiger partial charge in [0, 0.05) is 17.5 Å². The Hall–Kier alpha value is -3.07. The molecule has 0 fully saturated rings. The molecule has 0 spiro atoms. The van der Waals surface area contributed by atoms with E-state index in [4.69, 9.17) is 0 Å². The second-order valence-corrected chi connectivity index (χ2v) is 5.24. The van der Waals surface area contributed by atoms with E-state index in [0.717, 1.165) is 0 Å². The molecule has 1 aromatic carbocycles. The smallest absolute Gasteiger partial charge is 0.305 e. The highest BCUT2D eigenvalue weighted by atomic mass is 32.1. The van der Waals surface area contributed by atoms with Gasteiger partial charge >= 0.3 is 5.91 Å². The molecule has 0 aliphatic carbocycles. The van der Waals surface area contributed by atoms with Gasteiger partial charge in [-0.15, -0.1) is 21.6 Å². The lowest BCUT2D eigenvalue weighted by atomic mass is 10.2. The molecular weight excluding hydrogens is 308 g/mol. The first-order chi connectivity index (χ1) is 10.6. The Morgan fingerprint density at radius 1 is 1.36 bits per heavy atom. The predicted octanol–water partition coefficient (Wildman–Crippen LogP) is 3.77. The van der Waals surface area contributed by atoms with Crippen molar-refractivity contribution in [3.63, 3.8) is 0 Å². The second-order valence-electron chi connectivity index (χ2n) is 4.29. The number of amides is 1. The van der Waals surface area contributed by atoms with E-state index >= 15 is 0 Å². The van der Waals surface area contributed by atoms with Crippen LogP contribution in [0.25, 0.3) is 10.9 Å². The minimum Gasteiger partial charge on any atom is -0.493 e. The quantitative estimate of drug-likeness (QED) is 0.434. The van der Waals surface area contributed by atoms with Gasteiger partial charge < -0.3 is 10.1 Å². The number of hydrogen-bond acceptors (Lipinski definition) is 6. The predicted molar refractivity (Wildman–Crippen MR) is 79.8 cm³/mol. The van der Waals surface area contributed by atoms with Gasteiger partial charge in [0.1, 0.15) is 0 Å². The monoisotopic (exact) mass is 316 g/mol. The zero-order chi connectivity index (χ0) is 15.7. The summed E-state index contributed by atoms with van der Waals surface area (Å²) in [5, 5.41) is 29.9. The number of azo groups is 1. The summed E-state index contributed by atoms with van der Waals surface area (Å²) in [6, 6.07) is 7.32. The first-order valence-corrected chi connectivity index (χ1v) is 6.93. The number of hydrogen-bond donors (Lipinski definition) is 2. The third-order valence-corrected chi connectivity index (χ3v) is 3.78. The van der Waals surface area contributed by atoms with Crippen LogP contribution in [0, 0.1) is 10.1 Å². The molecule has 22 heavy (non-hydrogen) atoms. The molecule has 8 nitrogen and oxygen atoms in total. The van der Waals surface area contributed by atoms with Crippen LogP contribution in [0.1, 0.15) is 9.67 Å². The molecule has 9 heteroatoms. The van der Waals surface area contributed by atoms with Crippen LogP contribution in [0.2, 0.25) is 0 Å². The molecule has 2 aromatic heterocycles. The number of carbonyl (C=O) groups is 1. The number of nitro groups is 1. The summed E-state index contributed by atoms with van der Waals surface area (Å²) in [6.07, 6.45) is 0. The largest absolute Gasteiger partial charge is 0.493 e. The summed E-state index contributed by atoms with van der Waals surface area (Å²) in [5.74, 6) is -0.854. The molecule has 2 heterocycles. The Kier molecular flexibility index (Phi) is 3.39. The average molecular weight is 316 g/mol. The highest BCUT2D eigenvalue weighted by Crippen LogP contribution is 2.37. The molecule has 0 radical (unpaired) electrons. The average Bonchev–Trinajstić information content (AvgIpc) is 3.11. The van der Waals surface area contributed by atoms with Gasteiger partial charge in [-0.25, -0.2) is 0 Å². The highest BCUT2D eigenvalue weighted by Gasteiger charge is 2.15. The molecule has 0 aliphatic rings. The normalized spacial score (nSPS) is 11.3. The fraction of sp³-hybridized carbons (Fsp3) is 0. The van der Waals surface area contributed by atoms with Crippen LogP contribution in [0.5, 0.6) is 5.88 Å². The van der Waals surface area contributed by atoms with E-state index in [-0.39, 0.29) is 17.3 Å². The van der Waals surface area contributed by atoms with Crippen molar-refractivity contribution >= 4 is 39.5 Å². The van der Waals surface area contributed by atoms with Crippen LogP contribution in [-0.4, -0.2) is 20.9 Å². The number of thiophene rings is 1. The second kappa shape index (κ2) is 5.37. The summed E-state index contributed by atoms with van der Waals surface area (Å²) < 4.78 is 0. The number of non-ortho nitro benzene ring substituents is 1. The van der Waals surface area contributed by atoms with Crippen LogP contribution >= 0.6 is 11.3 Å². The van der Waals surface area contributed by atoms with Crippen LogP contribution in [-0.2, 0) is 0 Å². The third kappa shape index (κ3) is 2.44. The Balaban J connectivity index is 2.02. The summed E-state index contributed by atoms with van der Waals surface area (Å²) in [7, 11) is 0. The number of aromatic amines is 1. The number of H-pyrrole nitrogens is 1. The molecule has 2 N–H and O–H groups in total. The van der Waals surface area contributed by atoms with E-state index in [1.54, 1.807) is 17.5 Å². The van der Waals surface area contributed by atoms with Crippen molar-refractivity contribution in [3.05, 3.63) is 50.7 Å². The van der Waals surface area contributed by atoms with Gasteiger partial charge in [0.2, 0.25) is 5.88 Å². The number of fused-ring (bicyclic) bond motifs is 1. The van der Waals surface area contributed by atoms with Crippen molar-refractivity contribution < 1.29 is 14.8 Å². The van der Waals surface area contributed by atoms with Gasteiger partial charge in [-0.3, -0.25) is 14.9 Å². The summed E-state index contributed by atoms with van der Waals surface area (Å²) in [6.45, 7) is 0. The molecule has 0 aliphatic heterocycles. The Morgan fingerprint density at radius 3 is 2.86 bits per heavy atom. The maximum Gasteiger partial charge on any atom is 0.305 e. The van der Waals surface area contributed by atoms with Crippen LogP contribution < -0.4 is 0 Å². The number of carbonyl (C=O) groups excluding carboxylic acids is 1. The highest BCUT2D eigenvalue weighted by molar-refractivity contribution is 7.12. The van der Waals surface area contributed by atoms with Gasteiger partial charge in [0.15, 0.2) is 5.69 Å². The summed E-state index contributed by atoms with van der Waals surface area (Å²) >= 11 is 1.22. The first kappa shape index (κ1) is 13.9. The Bertz CT molecular complexity index is 898. The van der Waals surface area contributed by atoms with E-state index in [0.29, 0.717) is 15.8 Å². The van der Waals surface area contributed by atoms with Gasteiger partial charge in [-0.2, -0.15) is 0 Å². The standard InChI is InChI=1S/C13H8N4O4S/c18-12(10-2-1-5-22-10)16-15-11-8-6-7(17(20)21)3-4-9(8)14-13(11)19/h1-6,14,19H. The molecule has 0 bridgehead atoms. The Morgan fingerprint density at radius 2 is 2.18 bits per heavy atom. The van der Waals surface area contributed by atoms with Crippen molar-refractivity contribution in [2.45, 2.75) is 0 Å². The van der Waals surface area contributed by atoms with Gasteiger partial charge in [0.05, 0.1) is 15.3 Å². The lowest BCUT2D eigenvalue weighted by Gasteiger charge is -1.93. The number of nitrogens with zero attached hydrogens (tertiary/aromatic N) is 3. The first-order valence-electron chi connectivity index (χ1n) is 6.05. The number of aromatic nitrogens is 1. The molecule has 110 valence electrons. The number of rotatable bonds is 3. The van der Waals surface area contributed by atoms with Crippen molar-refractivity contribution in [2.75, 3.05) is 0 Å². The minimum atomic E-state index is -0.554. The van der Waals surface area contributed by atoms with Crippen LogP contribution in [0.15, 0.2) is 45.9 Å². The molecule has 3 aromatic rings. The number of nitrogens with one attached hydrogen (secondary N) is 1. The fourth-order valence-corrected chi connectivity index (χ4v) is 2.51. The topological polar surface area (TPSA) is 121 Å². The van der Waals surface area contributed by atoms with Crippen LogP contribution in [0.4, 0.5) is 11.4 Å². The Labute approximate surface area is 126 Å². The summed E-state index contributed by atoms with van der Waals surface area (Å²) in [5.41, 5.74) is 0.303. The van der Waals surface area contributed by atoms with Crippen molar-refractivity contribution in [1.82, 2.24) is 4.98 Å². The number of aromatic hydroxyl groups is 1.